The largest absolute Gasteiger partial charge is 0.465 e. The quantitative estimate of drug-likeness (QED) is 0.311. The van der Waals surface area contributed by atoms with Crippen LogP contribution in [-0.4, -0.2) is 42.0 Å². The summed E-state index contributed by atoms with van der Waals surface area (Å²) < 4.78 is 5.01. The number of aromatic nitrogens is 2. The molecule has 0 saturated heterocycles. The Hall–Kier alpha value is -3.12. The van der Waals surface area contributed by atoms with Crippen LogP contribution < -0.4 is 0 Å². The number of carbonyl (C=O) groups is 1. The number of benzene rings is 2. The number of esters is 1. The highest BCUT2D eigenvalue weighted by Gasteiger charge is 2.18. The fraction of sp³-hybridized carbons (Fsp3) is 0.208. The Morgan fingerprint density at radius 3 is 2.37 bits per heavy atom. The molecule has 0 fully saturated rings. The average molecular weight is 420 g/mol. The molecule has 30 heavy (non-hydrogen) atoms. The Morgan fingerprint density at radius 2 is 1.73 bits per heavy atom. The van der Waals surface area contributed by atoms with E-state index in [1.807, 2.05) is 86.8 Å². The van der Waals surface area contributed by atoms with Gasteiger partial charge < -0.3 is 9.64 Å². The van der Waals surface area contributed by atoms with Crippen molar-refractivity contribution in [3.05, 3.63) is 84.1 Å². The number of rotatable bonds is 7. The zero-order valence-electron chi connectivity index (χ0n) is 17.6. The molecule has 0 saturated carbocycles. The fourth-order valence-electron chi connectivity index (χ4n) is 3.00. The smallest absolute Gasteiger partial charge is 0.339 e. The molecule has 2 aromatic carbocycles. The van der Waals surface area contributed by atoms with Gasteiger partial charge in [0.25, 0.3) is 0 Å². The minimum atomic E-state index is -0.361. The van der Waals surface area contributed by atoms with Crippen LogP contribution in [0.5, 0.6) is 0 Å². The molecule has 0 aliphatic rings. The van der Waals surface area contributed by atoms with Crippen LogP contribution in [0.2, 0.25) is 0 Å². The van der Waals surface area contributed by atoms with Gasteiger partial charge in [0.05, 0.1) is 18.4 Å². The molecule has 0 unspecified atom stereocenters. The number of aryl methyl sites for hydroxylation is 1. The third-order valence-electron chi connectivity index (χ3n) is 4.45. The first-order valence-electron chi connectivity index (χ1n) is 9.55. The van der Waals surface area contributed by atoms with Gasteiger partial charge in [-0.3, -0.25) is 0 Å². The minimum Gasteiger partial charge on any atom is -0.465 e. The van der Waals surface area contributed by atoms with Crippen LogP contribution in [0.3, 0.4) is 0 Å². The van der Waals surface area contributed by atoms with Crippen molar-refractivity contribution in [2.45, 2.75) is 17.6 Å². The van der Waals surface area contributed by atoms with E-state index in [9.17, 15) is 4.79 Å². The van der Waals surface area contributed by atoms with Gasteiger partial charge in [-0.05, 0) is 18.1 Å². The first-order valence-corrected chi connectivity index (χ1v) is 10.5. The lowest BCUT2D eigenvalue weighted by Crippen LogP contribution is -2.11. The van der Waals surface area contributed by atoms with Gasteiger partial charge in [0, 0.05) is 48.7 Å². The second kappa shape index (κ2) is 10.1. The lowest BCUT2D eigenvalue weighted by Gasteiger charge is -2.16. The number of methoxy groups -OCH3 is 1. The van der Waals surface area contributed by atoms with Crippen molar-refractivity contribution < 1.29 is 9.53 Å². The SMILES string of the molecule is COC(=O)C(=CN(C)C)c1cccc(C)c1SCc1ncc(-c2ccccc2)cn1. The van der Waals surface area contributed by atoms with Crippen LogP contribution in [0.25, 0.3) is 16.7 Å². The third kappa shape index (κ3) is 5.27. The van der Waals surface area contributed by atoms with E-state index in [1.54, 1.807) is 18.0 Å². The Morgan fingerprint density at radius 1 is 1.03 bits per heavy atom. The first-order chi connectivity index (χ1) is 14.5. The second-order valence-corrected chi connectivity index (χ2v) is 7.98. The monoisotopic (exact) mass is 419 g/mol. The molecule has 1 aromatic heterocycles. The number of thioether (sulfide) groups is 1. The van der Waals surface area contributed by atoms with Gasteiger partial charge in [-0.15, -0.1) is 11.8 Å². The molecule has 0 bridgehead atoms. The highest BCUT2D eigenvalue weighted by atomic mass is 32.2. The predicted octanol–water partition coefficient (Wildman–Crippen LogP) is 4.82. The molecule has 3 aromatic rings. The number of hydrogen-bond acceptors (Lipinski definition) is 6. The van der Waals surface area contributed by atoms with Gasteiger partial charge in [-0.25, -0.2) is 14.8 Å². The van der Waals surface area contributed by atoms with Gasteiger partial charge in [0.1, 0.15) is 5.82 Å². The Bertz CT molecular complexity index is 1030. The third-order valence-corrected chi connectivity index (χ3v) is 5.69. The molecule has 6 heteroatoms. The lowest BCUT2D eigenvalue weighted by molar-refractivity contribution is -0.133. The molecule has 0 atom stereocenters. The van der Waals surface area contributed by atoms with E-state index in [0.717, 1.165) is 33.0 Å². The van der Waals surface area contributed by atoms with Crippen LogP contribution in [0, 0.1) is 6.92 Å². The standard InChI is InChI=1S/C24H25N3O2S/c1-17-9-8-12-20(21(15-27(2)3)24(28)29-4)23(17)30-16-22-25-13-19(14-26-22)18-10-6-5-7-11-18/h5-15H,16H2,1-4H3. The van der Waals surface area contributed by atoms with Crippen molar-refractivity contribution in [1.82, 2.24) is 14.9 Å². The van der Waals surface area contributed by atoms with Crippen molar-refractivity contribution in [3.8, 4) is 11.1 Å². The van der Waals surface area contributed by atoms with Crippen LogP contribution >= 0.6 is 11.8 Å². The van der Waals surface area contributed by atoms with E-state index in [2.05, 4.69) is 9.97 Å². The summed E-state index contributed by atoms with van der Waals surface area (Å²) in [6.45, 7) is 2.04. The molecule has 0 N–H and O–H groups in total. The number of nitrogens with zero attached hydrogens (tertiary/aromatic N) is 3. The first kappa shape index (κ1) is 21.6. The summed E-state index contributed by atoms with van der Waals surface area (Å²) in [4.78, 5) is 24.3. The average Bonchev–Trinajstić information content (AvgIpc) is 2.77. The van der Waals surface area contributed by atoms with Crippen LogP contribution in [-0.2, 0) is 15.3 Å². The van der Waals surface area contributed by atoms with Gasteiger partial charge >= 0.3 is 5.97 Å². The van der Waals surface area contributed by atoms with Crippen LogP contribution in [0.1, 0.15) is 17.0 Å². The maximum Gasteiger partial charge on any atom is 0.339 e. The lowest BCUT2D eigenvalue weighted by atomic mass is 10.0. The van der Waals surface area contributed by atoms with Gasteiger partial charge in [0.2, 0.25) is 0 Å². The zero-order chi connectivity index (χ0) is 21.5. The topological polar surface area (TPSA) is 55.3 Å². The molecule has 5 nitrogen and oxygen atoms in total. The van der Waals surface area contributed by atoms with Crippen molar-refractivity contribution >= 4 is 23.3 Å². The van der Waals surface area contributed by atoms with Gasteiger partial charge in [-0.2, -0.15) is 0 Å². The van der Waals surface area contributed by atoms with E-state index in [1.165, 1.54) is 7.11 Å². The molecular formula is C24H25N3O2S. The molecular weight excluding hydrogens is 394 g/mol. The normalized spacial score (nSPS) is 11.3. The summed E-state index contributed by atoms with van der Waals surface area (Å²) in [5.74, 6) is 0.980. The molecule has 0 radical (unpaired) electrons. The summed E-state index contributed by atoms with van der Waals surface area (Å²) in [5, 5.41) is 0. The Kier molecular flexibility index (Phi) is 7.25. The second-order valence-electron chi connectivity index (χ2n) is 6.99. The summed E-state index contributed by atoms with van der Waals surface area (Å²) in [6.07, 6.45) is 5.49. The molecule has 0 amide bonds. The molecule has 154 valence electrons. The number of hydrogen-bond donors (Lipinski definition) is 0. The summed E-state index contributed by atoms with van der Waals surface area (Å²) >= 11 is 1.62. The summed E-state index contributed by atoms with van der Waals surface area (Å²) in [7, 11) is 5.16. The van der Waals surface area contributed by atoms with E-state index in [4.69, 9.17) is 4.74 Å². The molecule has 0 spiro atoms. The van der Waals surface area contributed by atoms with Gasteiger partial charge in [0.15, 0.2) is 0 Å². The van der Waals surface area contributed by atoms with E-state index in [0.29, 0.717) is 11.3 Å². The highest BCUT2D eigenvalue weighted by molar-refractivity contribution is 7.98. The number of carbonyl (C=O) groups excluding carboxylic acids is 1. The summed E-state index contributed by atoms with van der Waals surface area (Å²) in [5.41, 5.74) is 4.54. The molecule has 3 rings (SSSR count). The van der Waals surface area contributed by atoms with Crippen LogP contribution in [0.15, 0.2) is 72.0 Å². The molecule has 0 aliphatic heterocycles. The van der Waals surface area contributed by atoms with Crippen LogP contribution in [0.4, 0.5) is 0 Å². The van der Waals surface area contributed by atoms with E-state index in [-0.39, 0.29) is 5.97 Å². The van der Waals surface area contributed by atoms with Crippen molar-refractivity contribution in [3.63, 3.8) is 0 Å². The Labute approximate surface area is 181 Å². The van der Waals surface area contributed by atoms with E-state index >= 15 is 0 Å². The number of ether oxygens (including phenoxy) is 1. The maximum atomic E-state index is 12.4. The fourth-order valence-corrected chi connectivity index (χ4v) is 4.05. The Balaban J connectivity index is 1.84. The van der Waals surface area contributed by atoms with Gasteiger partial charge in [-0.1, -0.05) is 48.5 Å². The molecule has 0 aliphatic carbocycles. The predicted molar refractivity (Wildman–Crippen MR) is 122 cm³/mol. The van der Waals surface area contributed by atoms with Crippen molar-refractivity contribution in [2.75, 3.05) is 21.2 Å². The zero-order valence-corrected chi connectivity index (χ0v) is 18.4. The molecule has 1 heterocycles. The van der Waals surface area contributed by atoms with E-state index < -0.39 is 0 Å². The summed E-state index contributed by atoms with van der Waals surface area (Å²) in [6, 6.07) is 16.0. The highest BCUT2D eigenvalue weighted by Crippen LogP contribution is 2.33. The van der Waals surface area contributed by atoms with Crippen molar-refractivity contribution in [1.29, 1.82) is 0 Å². The van der Waals surface area contributed by atoms with Crippen molar-refractivity contribution in [2.24, 2.45) is 0 Å². The minimum absolute atomic E-state index is 0.361. The maximum absolute atomic E-state index is 12.4.